The number of nitrogens with one attached hydrogen (secondary N) is 1. The van der Waals surface area contributed by atoms with Crippen LogP contribution in [0.25, 0.3) is 0 Å². The maximum absolute atomic E-state index is 13.2. The number of nitrogens with zero attached hydrogens (tertiary/aromatic N) is 4. The van der Waals surface area contributed by atoms with E-state index in [4.69, 9.17) is 9.72 Å². The summed E-state index contributed by atoms with van der Waals surface area (Å²) in [6.45, 7) is 3.76. The Morgan fingerprint density at radius 1 is 1.12 bits per heavy atom. The third-order valence-electron chi connectivity index (χ3n) is 5.82. The van der Waals surface area contributed by atoms with Gasteiger partial charge >= 0.3 is 0 Å². The molecule has 3 aromatic rings. The van der Waals surface area contributed by atoms with Gasteiger partial charge in [0.25, 0.3) is 0 Å². The first kappa shape index (κ1) is 22.7. The predicted molar refractivity (Wildman–Crippen MR) is 130 cm³/mol. The van der Waals surface area contributed by atoms with Gasteiger partial charge in [0.15, 0.2) is 0 Å². The number of amides is 1. The molecule has 1 N–H and O–H groups in total. The molecule has 0 saturated carbocycles. The molecule has 7 heteroatoms. The lowest BCUT2D eigenvalue weighted by Crippen LogP contribution is -2.38. The first-order valence-corrected chi connectivity index (χ1v) is 11.3. The number of methoxy groups -OCH3 is 1. The summed E-state index contributed by atoms with van der Waals surface area (Å²) in [5.41, 5.74) is 2.98. The lowest BCUT2D eigenvalue weighted by Gasteiger charge is -2.27. The summed E-state index contributed by atoms with van der Waals surface area (Å²) in [6, 6.07) is 19.7. The smallest absolute Gasteiger partial charge is 0.237 e. The summed E-state index contributed by atoms with van der Waals surface area (Å²) in [6.07, 6.45) is 1.90. The SMILES string of the molecule is COc1cccc(CN(C)CC(=O)N2CCCC2c2cccc(Nc3cccc(C)n3)n2)c1. The van der Waals surface area contributed by atoms with E-state index in [9.17, 15) is 4.79 Å². The van der Waals surface area contributed by atoms with Gasteiger partial charge in [-0.25, -0.2) is 9.97 Å². The fourth-order valence-corrected chi connectivity index (χ4v) is 4.28. The minimum Gasteiger partial charge on any atom is -0.497 e. The third kappa shape index (κ3) is 5.87. The van der Waals surface area contributed by atoms with E-state index in [0.717, 1.165) is 53.7 Å². The van der Waals surface area contributed by atoms with Gasteiger partial charge in [0.2, 0.25) is 5.91 Å². The number of ether oxygens (including phenoxy) is 1. The zero-order valence-electron chi connectivity index (χ0n) is 19.5. The first-order chi connectivity index (χ1) is 16.0. The fourth-order valence-electron chi connectivity index (χ4n) is 4.28. The third-order valence-corrected chi connectivity index (χ3v) is 5.82. The molecule has 0 radical (unpaired) electrons. The highest BCUT2D eigenvalue weighted by molar-refractivity contribution is 5.79. The highest BCUT2D eigenvalue weighted by Gasteiger charge is 2.31. The molecular weight excluding hydrogens is 414 g/mol. The summed E-state index contributed by atoms with van der Waals surface area (Å²) >= 11 is 0. The maximum atomic E-state index is 13.2. The maximum Gasteiger partial charge on any atom is 0.237 e. The molecule has 1 fully saturated rings. The van der Waals surface area contributed by atoms with Crippen LogP contribution in [0.2, 0.25) is 0 Å². The van der Waals surface area contributed by atoms with Gasteiger partial charge in [-0.1, -0.05) is 24.3 Å². The van der Waals surface area contributed by atoms with E-state index in [1.807, 2.05) is 84.4 Å². The lowest BCUT2D eigenvalue weighted by atomic mass is 10.1. The van der Waals surface area contributed by atoms with Crippen LogP contribution in [-0.2, 0) is 11.3 Å². The van der Waals surface area contributed by atoms with Crippen molar-refractivity contribution in [3.05, 3.63) is 77.6 Å². The van der Waals surface area contributed by atoms with Gasteiger partial charge in [-0.15, -0.1) is 0 Å². The highest BCUT2D eigenvalue weighted by atomic mass is 16.5. The van der Waals surface area contributed by atoms with Crippen LogP contribution in [0.5, 0.6) is 5.75 Å². The van der Waals surface area contributed by atoms with Gasteiger partial charge in [-0.05, 0) is 68.8 Å². The summed E-state index contributed by atoms with van der Waals surface area (Å²) < 4.78 is 5.31. The molecule has 7 nitrogen and oxygen atoms in total. The predicted octanol–water partition coefficient (Wildman–Crippen LogP) is 4.33. The van der Waals surface area contributed by atoms with Crippen LogP contribution in [-0.4, -0.2) is 52.9 Å². The molecule has 1 amide bonds. The summed E-state index contributed by atoms with van der Waals surface area (Å²) in [5.74, 6) is 2.45. The van der Waals surface area contributed by atoms with Crippen molar-refractivity contribution in [1.29, 1.82) is 0 Å². The number of likely N-dealkylation sites (tertiary alicyclic amines) is 1. The Morgan fingerprint density at radius 2 is 1.88 bits per heavy atom. The number of aryl methyl sites for hydroxylation is 1. The zero-order valence-corrected chi connectivity index (χ0v) is 19.5. The number of rotatable bonds is 8. The van der Waals surface area contributed by atoms with Gasteiger partial charge in [0.1, 0.15) is 17.4 Å². The lowest BCUT2D eigenvalue weighted by molar-refractivity contribution is -0.133. The van der Waals surface area contributed by atoms with Gasteiger partial charge in [0, 0.05) is 18.8 Å². The van der Waals surface area contributed by atoms with Crippen LogP contribution in [0.1, 0.15) is 35.8 Å². The molecule has 172 valence electrons. The van der Waals surface area contributed by atoms with Crippen LogP contribution >= 0.6 is 0 Å². The van der Waals surface area contributed by atoms with E-state index in [-0.39, 0.29) is 11.9 Å². The molecule has 4 rings (SSSR count). The Hall–Kier alpha value is -3.45. The van der Waals surface area contributed by atoms with Crippen LogP contribution in [0, 0.1) is 6.92 Å². The van der Waals surface area contributed by atoms with Crippen molar-refractivity contribution in [3.63, 3.8) is 0 Å². The second-order valence-corrected chi connectivity index (χ2v) is 8.51. The van der Waals surface area contributed by atoms with Crippen LogP contribution in [0.3, 0.4) is 0 Å². The monoisotopic (exact) mass is 445 g/mol. The second-order valence-electron chi connectivity index (χ2n) is 8.51. The Bertz CT molecular complexity index is 1100. The number of likely N-dealkylation sites (N-methyl/N-ethyl adjacent to an activating group) is 1. The van der Waals surface area contributed by atoms with Crippen molar-refractivity contribution >= 4 is 17.5 Å². The van der Waals surface area contributed by atoms with Crippen LogP contribution < -0.4 is 10.1 Å². The van der Waals surface area contributed by atoms with Crippen LogP contribution in [0.15, 0.2) is 60.7 Å². The number of hydrogen-bond acceptors (Lipinski definition) is 6. The van der Waals surface area contributed by atoms with Gasteiger partial charge in [-0.2, -0.15) is 0 Å². The van der Waals surface area contributed by atoms with Crippen molar-refractivity contribution in [3.8, 4) is 5.75 Å². The molecule has 1 atom stereocenters. The van der Waals surface area contributed by atoms with Crippen molar-refractivity contribution in [2.24, 2.45) is 0 Å². The molecule has 2 aromatic heterocycles. The Morgan fingerprint density at radius 3 is 2.67 bits per heavy atom. The molecule has 1 aromatic carbocycles. The number of benzene rings is 1. The number of carbonyl (C=O) groups excluding carboxylic acids is 1. The minimum absolute atomic E-state index is 0.00469. The molecular formula is C26H31N5O2. The van der Waals surface area contributed by atoms with Crippen molar-refractivity contribution in [1.82, 2.24) is 19.8 Å². The standard InChI is InChI=1S/C26H31N5O2/c1-19-8-4-13-24(27-19)29-25-14-6-11-22(28-25)23-12-7-15-31(23)26(32)18-30(2)17-20-9-5-10-21(16-20)33-3/h4-6,8-11,13-14,16,23H,7,12,15,17-18H2,1-3H3,(H,27,28,29). The largest absolute Gasteiger partial charge is 0.497 e. The van der Waals surface area contributed by atoms with Gasteiger partial charge < -0.3 is 15.0 Å². The summed E-state index contributed by atoms with van der Waals surface area (Å²) in [7, 11) is 3.63. The quantitative estimate of drug-likeness (QED) is 0.556. The minimum atomic E-state index is -0.00469. The van der Waals surface area contributed by atoms with Crippen LogP contribution in [0.4, 0.5) is 11.6 Å². The summed E-state index contributed by atoms with van der Waals surface area (Å²) in [5, 5.41) is 3.28. The number of aromatic nitrogens is 2. The van der Waals surface area contributed by atoms with Gasteiger partial charge in [-0.3, -0.25) is 9.69 Å². The second kappa shape index (κ2) is 10.4. The first-order valence-electron chi connectivity index (χ1n) is 11.3. The van der Waals surface area contributed by atoms with Crippen molar-refractivity contribution < 1.29 is 9.53 Å². The molecule has 3 heterocycles. The number of hydrogen-bond donors (Lipinski definition) is 1. The molecule has 33 heavy (non-hydrogen) atoms. The number of anilines is 2. The molecule has 1 saturated heterocycles. The van der Waals surface area contributed by atoms with E-state index in [0.29, 0.717) is 13.1 Å². The molecule has 1 unspecified atom stereocenters. The molecule has 1 aliphatic rings. The normalized spacial score (nSPS) is 15.6. The van der Waals surface area contributed by atoms with E-state index in [2.05, 4.69) is 10.3 Å². The molecule has 0 spiro atoms. The Labute approximate surface area is 195 Å². The average molecular weight is 446 g/mol. The topological polar surface area (TPSA) is 70.6 Å². The van der Waals surface area contributed by atoms with Crippen molar-refractivity contribution in [2.75, 3.05) is 32.6 Å². The van der Waals surface area contributed by atoms with E-state index >= 15 is 0 Å². The van der Waals surface area contributed by atoms with E-state index < -0.39 is 0 Å². The number of carbonyl (C=O) groups is 1. The zero-order chi connectivity index (χ0) is 23.2. The molecule has 0 aliphatic carbocycles. The Kier molecular flexibility index (Phi) is 7.19. The van der Waals surface area contributed by atoms with E-state index in [1.54, 1.807) is 7.11 Å². The Balaban J connectivity index is 1.41. The van der Waals surface area contributed by atoms with E-state index in [1.165, 1.54) is 0 Å². The average Bonchev–Trinajstić information content (AvgIpc) is 3.30. The molecule has 0 bridgehead atoms. The van der Waals surface area contributed by atoms with Gasteiger partial charge in [0.05, 0.1) is 25.4 Å². The number of pyridine rings is 2. The fraction of sp³-hybridized carbons (Fsp3) is 0.346. The summed E-state index contributed by atoms with van der Waals surface area (Å²) in [4.78, 5) is 26.5. The highest BCUT2D eigenvalue weighted by Crippen LogP contribution is 2.32. The molecule has 1 aliphatic heterocycles. The van der Waals surface area contributed by atoms with Crippen molar-refractivity contribution in [2.45, 2.75) is 32.4 Å².